The van der Waals surface area contributed by atoms with E-state index >= 15 is 0 Å². The first-order chi connectivity index (χ1) is 7.85. The zero-order valence-electron chi connectivity index (χ0n) is 10.0. The maximum Gasteiger partial charge on any atom is 0.353 e. The molecule has 1 aliphatic rings. The first-order valence-electron chi connectivity index (χ1n) is 5.14. The quantitative estimate of drug-likeness (QED) is 0.695. The van der Waals surface area contributed by atoms with Crippen molar-refractivity contribution in [2.45, 2.75) is 32.0 Å². The van der Waals surface area contributed by atoms with Gasteiger partial charge in [0.1, 0.15) is 0 Å². The van der Waals surface area contributed by atoms with E-state index in [0.29, 0.717) is 6.54 Å². The Morgan fingerprint density at radius 3 is 2.76 bits per heavy atom. The lowest BCUT2D eigenvalue weighted by atomic mass is 10.1. The van der Waals surface area contributed by atoms with E-state index in [1.807, 2.05) is 13.8 Å². The Balaban J connectivity index is 2.39. The molecule has 1 heterocycles. The third kappa shape index (κ3) is 3.70. The Labute approximate surface area is 98.8 Å². The van der Waals surface area contributed by atoms with E-state index in [2.05, 4.69) is 10.5 Å². The lowest BCUT2D eigenvalue weighted by Gasteiger charge is -2.23. The van der Waals surface area contributed by atoms with Crippen molar-refractivity contribution >= 4 is 17.6 Å². The van der Waals surface area contributed by atoms with E-state index in [9.17, 15) is 9.59 Å². The first kappa shape index (κ1) is 13.4. The molecule has 1 amide bonds. The maximum absolute atomic E-state index is 11.6. The first-order valence-corrected chi connectivity index (χ1v) is 5.14. The van der Waals surface area contributed by atoms with Crippen molar-refractivity contribution in [2.24, 2.45) is 5.16 Å². The number of nitrogens with zero attached hydrogens (tertiary/aromatic N) is 1. The average Bonchev–Trinajstić information content (AvgIpc) is 2.75. The molecule has 2 N–H and O–H groups in total. The van der Waals surface area contributed by atoms with Gasteiger partial charge in [-0.1, -0.05) is 5.16 Å². The number of oxime groups is 1. The van der Waals surface area contributed by atoms with Crippen LogP contribution >= 0.6 is 0 Å². The molecule has 0 saturated heterocycles. The molecule has 0 saturated carbocycles. The van der Waals surface area contributed by atoms with Crippen LogP contribution in [0.4, 0.5) is 0 Å². The summed E-state index contributed by atoms with van der Waals surface area (Å²) in [6.45, 7) is 3.95. The third-order valence-corrected chi connectivity index (χ3v) is 2.45. The van der Waals surface area contributed by atoms with E-state index in [1.165, 1.54) is 0 Å². The number of aliphatic carboxylic acids is 1. The second kappa shape index (κ2) is 5.13. The molecule has 0 aromatic carbocycles. The molecular formula is C10H16N2O5. The van der Waals surface area contributed by atoms with Crippen LogP contribution < -0.4 is 5.32 Å². The summed E-state index contributed by atoms with van der Waals surface area (Å²) in [4.78, 5) is 26.9. The minimum Gasteiger partial charge on any atom is -0.477 e. The van der Waals surface area contributed by atoms with E-state index in [4.69, 9.17) is 14.7 Å². The monoisotopic (exact) mass is 244 g/mol. The van der Waals surface area contributed by atoms with Crippen LogP contribution in [-0.4, -0.2) is 48.1 Å². The van der Waals surface area contributed by atoms with Gasteiger partial charge in [0.15, 0.2) is 5.71 Å². The summed E-state index contributed by atoms with van der Waals surface area (Å²) < 4.78 is 5.13. The zero-order valence-corrected chi connectivity index (χ0v) is 10.0. The maximum atomic E-state index is 11.6. The van der Waals surface area contributed by atoms with Gasteiger partial charge < -0.3 is 20.0 Å². The summed E-state index contributed by atoms with van der Waals surface area (Å²) >= 11 is 0. The number of amides is 1. The Kier molecular flexibility index (Phi) is 4.06. The topological polar surface area (TPSA) is 97.2 Å². The van der Waals surface area contributed by atoms with Gasteiger partial charge in [0, 0.05) is 20.1 Å². The molecule has 0 bridgehead atoms. The van der Waals surface area contributed by atoms with Gasteiger partial charge in [-0.15, -0.1) is 0 Å². The van der Waals surface area contributed by atoms with E-state index in [0.717, 1.165) is 0 Å². The van der Waals surface area contributed by atoms with Gasteiger partial charge >= 0.3 is 5.97 Å². The number of carboxylic acid groups (broad SMARTS) is 1. The van der Waals surface area contributed by atoms with Crippen molar-refractivity contribution in [3.63, 3.8) is 0 Å². The normalized spacial score (nSPS) is 19.5. The smallest absolute Gasteiger partial charge is 0.353 e. The summed E-state index contributed by atoms with van der Waals surface area (Å²) in [5.41, 5.74) is -0.624. The van der Waals surface area contributed by atoms with Crippen molar-refractivity contribution < 1.29 is 24.3 Å². The predicted molar refractivity (Wildman–Crippen MR) is 58.7 cm³/mol. The highest BCUT2D eigenvalue weighted by molar-refractivity contribution is 6.36. The molecule has 96 valence electrons. The van der Waals surface area contributed by atoms with Crippen molar-refractivity contribution in [1.82, 2.24) is 5.32 Å². The number of hydrogen-bond acceptors (Lipinski definition) is 5. The summed E-state index contributed by atoms with van der Waals surface area (Å²) in [7, 11) is 1.55. The van der Waals surface area contributed by atoms with Crippen molar-refractivity contribution in [2.75, 3.05) is 13.7 Å². The lowest BCUT2D eigenvalue weighted by Crippen LogP contribution is -2.44. The van der Waals surface area contributed by atoms with Gasteiger partial charge in [-0.05, 0) is 13.8 Å². The summed E-state index contributed by atoms with van der Waals surface area (Å²) in [5, 5.41) is 14.6. The van der Waals surface area contributed by atoms with Crippen LogP contribution in [0.1, 0.15) is 20.3 Å². The van der Waals surface area contributed by atoms with Crippen LogP contribution in [0.3, 0.4) is 0 Å². The molecular weight excluding hydrogens is 228 g/mol. The molecule has 1 rings (SSSR count). The van der Waals surface area contributed by atoms with E-state index < -0.39 is 23.6 Å². The number of carbonyl (C=O) groups is 2. The standard InChI is InChI=1S/C10H16N2O5/c1-10(2,16-3)5-11-8(13)7-4-6(9(14)15)12-17-7/h7H,4-5H2,1-3H3,(H,11,13)(H,14,15). The van der Waals surface area contributed by atoms with Crippen molar-refractivity contribution in [3.05, 3.63) is 0 Å². The Morgan fingerprint density at radius 2 is 2.29 bits per heavy atom. The highest BCUT2D eigenvalue weighted by atomic mass is 16.6. The fourth-order valence-corrected chi connectivity index (χ4v) is 1.13. The number of carbonyl (C=O) groups excluding carboxylic acids is 1. The van der Waals surface area contributed by atoms with Crippen LogP contribution in [0.25, 0.3) is 0 Å². The molecule has 1 atom stereocenters. The van der Waals surface area contributed by atoms with Crippen LogP contribution in [0.5, 0.6) is 0 Å². The van der Waals surface area contributed by atoms with Crippen LogP contribution in [0, 0.1) is 0 Å². The fourth-order valence-electron chi connectivity index (χ4n) is 1.13. The zero-order chi connectivity index (χ0) is 13.1. The van der Waals surface area contributed by atoms with Gasteiger partial charge in [-0.2, -0.15) is 0 Å². The number of rotatable bonds is 5. The second-order valence-corrected chi connectivity index (χ2v) is 4.32. The number of carboxylic acids is 1. The van der Waals surface area contributed by atoms with Gasteiger partial charge in [0.2, 0.25) is 6.10 Å². The molecule has 7 nitrogen and oxygen atoms in total. The van der Waals surface area contributed by atoms with Crippen LogP contribution in [0.15, 0.2) is 5.16 Å². The Bertz CT molecular complexity index is 351. The molecule has 1 unspecified atom stereocenters. The summed E-state index contributed by atoms with van der Waals surface area (Å²) in [5.74, 6) is -1.56. The van der Waals surface area contributed by atoms with E-state index in [-0.39, 0.29) is 12.1 Å². The number of nitrogens with one attached hydrogen (secondary N) is 1. The van der Waals surface area contributed by atoms with Crippen LogP contribution in [0.2, 0.25) is 0 Å². The minimum atomic E-state index is -1.17. The van der Waals surface area contributed by atoms with Gasteiger partial charge in [-0.25, -0.2) is 4.79 Å². The number of methoxy groups -OCH3 is 1. The molecule has 0 radical (unpaired) electrons. The molecule has 0 fully saturated rings. The average molecular weight is 244 g/mol. The SMILES string of the molecule is COC(C)(C)CNC(=O)C1CC(C(=O)O)=NO1. The summed E-state index contributed by atoms with van der Waals surface area (Å²) in [6, 6.07) is 0. The third-order valence-electron chi connectivity index (χ3n) is 2.45. The highest BCUT2D eigenvalue weighted by Gasteiger charge is 2.32. The van der Waals surface area contributed by atoms with Gasteiger partial charge in [0.05, 0.1) is 5.60 Å². The Hall–Kier alpha value is -1.63. The number of hydrogen-bond donors (Lipinski definition) is 2. The van der Waals surface area contributed by atoms with Crippen molar-refractivity contribution in [3.8, 4) is 0 Å². The molecule has 0 spiro atoms. The summed E-state index contributed by atoms with van der Waals surface area (Å²) in [6.07, 6.45) is -0.886. The fraction of sp³-hybridized carbons (Fsp3) is 0.700. The molecule has 0 aromatic heterocycles. The largest absolute Gasteiger partial charge is 0.477 e. The molecule has 0 aliphatic carbocycles. The molecule has 0 aromatic rings. The van der Waals surface area contributed by atoms with Gasteiger partial charge in [-0.3, -0.25) is 4.79 Å². The number of ether oxygens (including phenoxy) is 1. The molecule has 7 heteroatoms. The molecule has 17 heavy (non-hydrogen) atoms. The second-order valence-electron chi connectivity index (χ2n) is 4.32. The predicted octanol–water partition coefficient (Wildman–Crippen LogP) is -0.243. The minimum absolute atomic E-state index is 0.0193. The molecule has 1 aliphatic heterocycles. The van der Waals surface area contributed by atoms with Gasteiger partial charge in [0.25, 0.3) is 5.91 Å². The lowest BCUT2D eigenvalue weighted by molar-refractivity contribution is -0.132. The van der Waals surface area contributed by atoms with E-state index in [1.54, 1.807) is 7.11 Å². The van der Waals surface area contributed by atoms with Crippen molar-refractivity contribution in [1.29, 1.82) is 0 Å². The highest BCUT2D eigenvalue weighted by Crippen LogP contribution is 2.11. The Morgan fingerprint density at radius 1 is 1.65 bits per heavy atom. The van der Waals surface area contributed by atoms with Crippen LogP contribution in [-0.2, 0) is 19.2 Å².